The van der Waals surface area contributed by atoms with Gasteiger partial charge in [-0.1, -0.05) is 25.7 Å². The lowest BCUT2D eigenvalue weighted by Crippen LogP contribution is -2.48. The van der Waals surface area contributed by atoms with Crippen LogP contribution < -0.4 is 0 Å². The van der Waals surface area contributed by atoms with Gasteiger partial charge in [-0.25, -0.2) is 0 Å². The lowest BCUT2D eigenvalue weighted by Gasteiger charge is -2.42. The maximum atomic E-state index is 12.7. The highest BCUT2D eigenvalue weighted by Crippen LogP contribution is 2.51. The molecule has 5 aliphatic rings. The summed E-state index contributed by atoms with van der Waals surface area (Å²) in [7, 11) is 0. The van der Waals surface area contributed by atoms with Crippen LogP contribution in [0.4, 0.5) is 0 Å². The Morgan fingerprint density at radius 2 is 1.12 bits per heavy atom. The first-order chi connectivity index (χ1) is 11.6. The highest BCUT2D eigenvalue weighted by molar-refractivity contribution is 5.82. The molecule has 5 rings (SSSR count). The Bertz CT molecular complexity index is 514. The van der Waals surface area contributed by atoms with Gasteiger partial charge in [0.25, 0.3) is 0 Å². The SMILES string of the molecule is O=C1OCC2(CO2)C2(COC(=O)C3CC4CCCCC4CC13)CO2. The average Bonchev–Trinajstić information content (AvgIpc) is 3.51. The fraction of sp³-hybridized carbons (Fsp3) is 0.889. The number of fused-ring (bicyclic) bond motifs is 3. The molecule has 6 heteroatoms. The molecule has 3 aliphatic heterocycles. The Morgan fingerprint density at radius 1 is 0.708 bits per heavy atom. The van der Waals surface area contributed by atoms with Gasteiger partial charge >= 0.3 is 11.9 Å². The second-order valence-electron chi connectivity index (χ2n) is 8.27. The molecule has 0 aromatic carbocycles. The van der Waals surface area contributed by atoms with Crippen LogP contribution in [0.2, 0.25) is 0 Å². The number of epoxide rings is 2. The number of cyclic esters (lactones) is 2. The summed E-state index contributed by atoms with van der Waals surface area (Å²) in [5.41, 5.74) is -1.20. The van der Waals surface area contributed by atoms with Crippen LogP contribution in [0.5, 0.6) is 0 Å². The summed E-state index contributed by atoms with van der Waals surface area (Å²) in [6, 6.07) is 0. The van der Waals surface area contributed by atoms with Gasteiger partial charge < -0.3 is 18.9 Å². The zero-order valence-electron chi connectivity index (χ0n) is 13.8. The lowest BCUT2D eigenvalue weighted by atomic mass is 9.63. The van der Waals surface area contributed by atoms with Crippen molar-refractivity contribution in [3.05, 3.63) is 0 Å². The Morgan fingerprint density at radius 3 is 1.50 bits per heavy atom. The molecule has 0 bridgehead atoms. The molecule has 0 N–H and O–H groups in total. The van der Waals surface area contributed by atoms with E-state index < -0.39 is 11.2 Å². The smallest absolute Gasteiger partial charge is 0.309 e. The zero-order chi connectivity index (χ0) is 16.4. The van der Waals surface area contributed by atoms with Gasteiger partial charge in [0.1, 0.15) is 13.2 Å². The monoisotopic (exact) mass is 336 g/mol. The summed E-state index contributed by atoms with van der Waals surface area (Å²) < 4.78 is 22.4. The van der Waals surface area contributed by atoms with Crippen molar-refractivity contribution in [2.24, 2.45) is 23.7 Å². The standard InChI is InChI=1S/C18H24O6/c19-15-13-5-11-3-1-2-4-12(11)6-14(13)16(20)22-8-18(10-24-18)17(7-21-15)9-23-17/h11-14H,1-10H2. The molecule has 2 saturated carbocycles. The summed E-state index contributed by atoms with van der Waals surface area (Å²) in [5.74, 6) is -0.134. The molecule has 0 aromatic rings. The summed E-state index contributed by atoms with van der Waals surface area (Å²) in [6.45, 7) is 1.41. The van der Waals surface area contributed by atoms with Crippen LogP contribution >= 0.6 is 0 Å². The third-order valence-corrected chi connectivity index (χ3v) is 6.98. The summed E-state index contributed by atoms with van der Waals surface area (Å²) in [6.07, 6.45) is 6.32. The van der Waals surface area contributed by atoms with Crippen molar-refractivity contribution in [3.8, 4) is 0 Å². The van der Waals surface area contributed by atoms with Gasteiger partial charge in [0.05, 0.1) is 25.0 Å². The molecule has 132 valence electrons. The van der Waals surface area contributed by atoms with Gasteiger partial charge in [0, 0.05) is 0 Å². The summed E-state index contributed by atoms with van der Waals surface area (Å²) in [5, 5.41) is 0. The Hall–Kier alpha value is -1.14. The van der Waals surface area contributed by atoms with Crippen LogP contribution in [0, 0.1) is 23.7 Å². The lowest BCUT2D eigenvalue weighted by molar-refractivity contribution is -0.172. The number of ether oxygens (including phenoxy) is 4. The average molecular weight is 336 g/mol. The molecular weight excluding hydrogens is 312 g/mol. The first kappa shape index (κ1) is 15.1. The minimum atomic E-state index is -0.599. The number of esters is 2. The minimum absolute atomic E-state index is 0.209. The van der Waals surface area contributed by atoms with Gasteiger partial charge in [-0.15, -0.1) is 0 Å². The highest BCUT2D eigenvalue weighted by atomic mass is 16.7. The van der Waals surface area contributed by atoms with Gasteiger partial charge in [0.2, 0.25) is 0 Å². The van der Waals surface area contributed by atoms with E-state index in [0.717, 1.165) is 12.8 Å². The van der Waals surface area contributed by atoms with Gasteiger partial charge in [-0.05, 0) is 24.7 Å². The van der Waals surface area contributed by atoms with Crippen molar-refractivity contribution >= 4 is 11.9 Å². The van der Waals surface area contributed by atoms with E-state index >= 15 is 0 Å². The van der Waals surface area contributed by atoms with Crippen LogP contribution in [-0.2, 0) is 28.5 Å². The fourth-order valence-corrected chi connectivity index (χ4v) is 5.13. The summed E-state index contributed by atoms with van der Waals surface area (Å²) >= 11 is 0. The zero-order valence-corrected chi connectivity index (χ0v) is 13.8. The maximum Gasteiger partial charge on any atom is 0.309 e. The van der Waals surface area contributed by atoms with E-state index in [-0.39, 0.29) is 37.0 Å². The Kier molecular flexibility index (Phi) is 3.27. The van der Waals surface area contributed by atoms with Crippen molar-refractivity contribution in [3.63, 3.8) is 0 Å². The molecule has 0 radical (unpaired) electrons. The van der Waals surface area contributed by atoms with Gasteiger partial charge in [0.15, 0.2) is 11.2 Å². The third-order valence-electron chi connectivity index (χ3n) is 6.98. The number of hydrogen-bond donors (Lipinski definition) is 0. The molecule has 2 aliphatic carbocycles. The number of rotatable bonds is 0. The molecule has 6 nitrogen and oxygen atoms in total. The topological polar surface area (TPSA) is 77.7 Å². The highest BCUT2D eigenvalue weighted by Gasteiger charge is 2.72. The van der Waals surface area contributed by atoms with Crippen LogP contribution in [-0.4, -0.2) is 49.6 Å². The van der Waals surface area contributed by atoms with E-state index in [1.54, 1.807) is 0 Å². The maximum absolute atomic E-state index is 12.7. The first-order valence-corrected chi connectivity index (χ1v) is 9.24. The second-order valence-corrected chi connectivity index (χ2v) is 8.27. The molecule has 3 heterocycles. The third kappa shape index (κ3) is 2.22. The molecule has 24 heavy (non-hydrogen) atoms. The van der Waals surface area contributed by atoms with Crippen molar-refractivity contribution in [1.29, 1.82) is 0 Å². The molecule has 5 fully saturated rings. The van der Waals surface area contributed by atoms with Crippen LogP contribution in [0.1, 0.15) is 38.5 Å². The van der Waals surface area contributed by atoms with Crippen molar-refractivity contribution < 1.29 is 28.5 Å². The van der Waals surface area contributed by atoms with E-state index in [0.29, 0.717) is 25.0 Å². The van der Waals surface area contributed by atoms with E-state index in [2.05, 4.69) is 0 Å². The van der Waals surface area contributed by atoms with E-state index in [9.17, 15) is 9.59 Å². The predicted octanol–water partition coefficient (Wildman–Crippen LogP) is 1.46. The van der Waals surface area contributed by atoms with Crippen LogP contribution in [0.25, 0.3) is 0 Å². The summed E-state index contributed by atoms with van der Waals surface area (Å²) in [4.78, 5) is 25.4. The van der Waals surface area contributed by atoms with E-state index in [1.807, 2.05) is 0 Å². The molecule has 6 atom stereocenters. The van der Waals surface area contributed by atoms with Gasteiger partial charge in [-0.2, -0.15) is 0 Å². The molecule has 3 saturated heterocycles. The normalized spacial score (nSPS) is 50.5. The largest absolute Gasteiger partial charge is 0.462 e. The van der Waals surface area contributed by atoms with Crippen LogP contribution in [0.3, 0.4) is 0 Å². The van der Waals surface area contributed by atoms with Gasteiger partial charge in [-0.3, -0.25) is 9.59 Å². The number of carbonyl (C=O) groups is 2. The Labute approximate surface area is 141 Å². The fourth-order valence-electron chi connectivity index (χ4n) is 5.13. The molecule has 0 amide bonds. The molecule has 6 unspecified atom stereocenters. The molecule has 0 aromatic heterocycles. The van der Waals surface area contributed by atoms with Crippen molar-refractivity contribution in [1.82, 2.24) is 0 Å². The predicted molar refractivity (Wildman–Crippen MR) is 80.9 cm³/mol. The number of hydrogen-bond acceptors (Lipinski definition) is 6. The van der Waals surface area contributed by atoms with Crippen molar-refractivity contribution in [2.75, 3.05) is 26.4 Å². The number of carbonyl (C=O) groups excluding carboxylic acids is 2. The molecular formula is C18H24O6. The quantitative estimate of drug-likeness (QED) is 0.492. The Balaban J connectivity index is 1.39. The van der Waals surface area contributed by atoms with E-state index in [1.165, 1.54) is 25.7 Å². The first-order valence-electron chi connectivity index (χ1n) is 9.24. The van der Waals surface area contributed by atoms with Crippen LogP contribution in [0.15, 0.2) is 0 Å². The van der Waals surface area contributed by atoms with Crippen molar-refractivity contribution in [2.45, 2.75) is 49.7 Å². The van der Waals surface area contributed by atoms with E-state index in [4.69, 9.17) is 18.9 Å². The molecule has 2 spiro atoms. The minimum Gasteiger partial charge on any atom is -0.462 e. The second kappa shape index (κ2) is 5.18.